The number of aromatic nitrogens is 1. The van der Waals surface area contributed by atoms with Crippen LogP contribution in [0.15, 0.2) is 65.1 Å². The molecule has 0 bridgehead atoms. The molecule has 120 valence electrons. The predicted molar refractivity (Wildman–Crippen MR) is 98.2 cm³/mol. The summed E-state index contributed by atoms with van der Waals surface area (Å²) in [7, 11) is 0. The Bertz CT molecular complexity index is 909. The van der Waals surface area contributed by atoms with E-state index in [4.69, 9.17) is 0 Å². The largest absolute Gasteiger partial charge is 0.508 e. The van der Waals surface area contributed by atoms with Gasteiger partial charge in [0.05, 0.1) is 17.0 Å². The third kappa shape index (κ3) is 3.63. The van der Waals surface area contributed by atoms with Crippen LogP contribution in [0.2, 0.25) is 0 Å². The van der Waals surface area contributed by atoms with E-state index in [2.05, 4.69) is 26.2 Å². The Hall–Kier alpha value is -2.66. The third-order valence-corrected chi connectivity index (χ3v) is 4.05. The quantitative estimate of drug-likeness (QED) is 0.685. The second-order valence-corrected chi connectivity index (χ2v) is 6.26. The smallest absolute Gasteiger partial charge is 0.257 e. The number of aryl methyl sites for hydroxylation is 1. The number of hydrogen-bond donors (Lipinski definition) is 2. The monoisotopic (exact) mass is 382 g/mol. The minimum absolute atomic E-state index is 0.104. The molecule has 0 radical (unpaired) electrons. The maximum Gasteiger partial charge on any atom is 0.257 e. The minimum Gasteiger partial charge on any atom is -0.508 e. The fraction of sp³-hybridized carbons (Fsp3) is 0.0526. The summed E-state index contributed by atoms with van der Waals surface area (Å²) in [5, 5.41) is 12.2. The zero-order chi connectivity index (χ0) is 17.1. The van der Waals surface area contributed by atoms with E-state index in [-0.39, 0.29) is 11.7 Å². The van der Waals surface area contributed by atoms with Crippen molar-refractivity contribution in [2.75, 3.05) is 5.32 Å². The number of carbonyl (C=O) groups excluding carboxylic acids is 1. The molecule has 24 heavy (non-hydrogen) atoms. The topological polar surface area (TPSA) is 62.2 Å². The lowest BCUT2D eigenvalue weighted by Gasteiger charge is -2.09. The number of halogens is 1. The number of phenols is 1. The fourth-order valence-electron chi connectivity index (χ4n) is 2.39. The van der Waals surface area contributed by atoms with Crippen LogP contribution in [0.4, 0.5) is 5.69 Å². The standard InChI is InChI=1S/C19H15BrN2O2/c1-12-17(19(24)22-15-6-3-7-16(23)11-15)8-9-18(21-12)13-4-2-5-14(20)10-13/h2-11,23H,1H3,(H,22,24). The van der Waals surface area contributed by atoms with Crippen LogP contribution < -0.4 is 5.32 Å². The van der Waals surface area contributed by atoms with Crippen LogP contribution in [0, 0.1) is 6.92 Å². The molecule has 3 aromatic rings. The highest BCUT2D eigenvalue weighted by Gasteiger charge is 2.12. The Morgan fingerprint density at radius 2 is 1.88 bits per heavy atom. The van der Waals surface area contributed by atoms with Gasteiger partial charge >= 0.3 is 0 Å². The first-order valence-corrected chi connectivity index (χ1v) is 8.16. The van der Waals surface area contributed by atoms with E-state index >= 15 is 0 Å². The van der Waals surface area contributed by atoms with Crippen molar-refractivity contribution in [3.05, 3.63) is 76.4 Å². The molecule has 0 aliphatic carbocycles. The van der Waals surface area contributed by atoms with Crippen molar-refractivity contribution in [1.29, 1.82) is 0 Å². The summed E-state index contributed by atoms with van der Waals surface area (Å²) in [6.45, 7) is 1.80. The van der Waals surface area contributed by atoms with Gasteiger partial charge < -0.3 is 10.4 Å². The zero-order valence-corrected chi connectivity index (χ0v) is 14.5. The molecule has 0 fully saturated rings. The molecule has 0 aliphatic heterocycles. The van der Waals surface area contributed by atoms with Gasteiger partial charge in [0.2, 0.25) is 0 Å². The number of carbonyl (C=O) groups is 1. The molecule has 1 heterocycles. The molecule has 0 unspecified atom stereocenters. The van der Waals surface area contributed by atoms with Crippen LogP contribution in [-0.2, 0) is 0 Å². The number of pyridine rings is 1. The SMILES string of the molecule is Cc1nc(-c2cccc(Br)c2)ccc1C(=O)Nc1cccc(O)c1. The highest BCUT2D eigenvalue weighted by molar-refractivity contribution is 9.10. The summed E-state index contributed by atoms with van der Waals surface area (Å²) in [6.07, 6.45) is 0. The van der Waals surface area contributed by atoms with E-state index in [0.29, 0.717) is 16.9 Å². The summed E-state index contributed by atoms with van der Waals surface area (Å²) in [6, 6.07) is 17.9. The lowest BCUT2D eigenvalue weighted by Crippen LogP contribution is -2.14. The third-order valence-electron chi connectivity index (χ3n) is 3.55. The molecule has 4 nitrogen and oxygen atoms in total. The van der Waals surface area contributed by atoms with Crippen molar-refractivity contribution in [3.8, 4) is 17.0 Å². The van der Waals surface area contributed by atoms with Gasteiger partial charge in [0.25, 0.3) is 5.91 Å². The number of nitrogens with zero attached hydrogens (tertiary/aromatic N) is 1. The van der Waals surface area contributed by atoms with Gasteiger partial charge in [0, 0.05) is 21.8 Å². The van der Waals surface area contributed by atoms with Crippen molar-refractivity contribution in [3.63, 3.8) is 0 Å². The summed E-state index contributed by atoms with van der Waals surface area (Å²) < 4.78 is 0.977. The zero-order valence-electron chi connectivity index (χ0n) is 13.0. The summed E-state index contributed by atoms with van der Waals surface area (Å²) in [5.74, 6) is -0.154. The van der Waals surface area contributed by atoms with Crippen LogP contribution in [-0.4, -0.2) is 16.0 Å². The number of rotatable bonds is 3. The van der Waals surface area contributed by atoms with E-state index < -0.39 is 0 Å². The first-order valence-electron chi connectivity index (χ1n) is 7.37. The number of nitrogens with one attached hydrogen (secondary N) is 1. The fourth-order valence-corrected chi connectivity index (χ4v) is 2.79. The van der Waals surface area contributed by atoms with Gasteiger partial charge in [-0.15, -0.1) is 0 Å². The van der Waals surface area contributed by atoms with Crippen molar-refractivity contribution < 1.29 is 9.90 Å². The van der Waals surface area contributed by atoms with E-state index in [9.17, 15) is 9.90 Å². The average molecular weight is 383 g/mol. The summed E-state index contributed by atoms with van der Waals surface area (Å²) in [5.41, 5.74) is 3.47. The predicted octanol–water partition coefficient (Wildman–Crippen LogP) is 4.78. The Morgan fingerprint density at radius 1 is 1.08 bits per heavy atom. The van der Waals surface area contributed by atoms with Gasteiger partial charge in [-0.1, -0.05) is 34.1 Å². The Morgan fingerprint density at radius 3 is 2.58 bits per heavy atom. The van der Waals surface area contributed by atoms with Crippen molar-refractivity contribution in [2.45, 2.75) is 6.92 Å². The second kappa shape index (κ2) is 6.84. The van der Waals surface area contributed by atoms with Crippen LogP contribution in [0.3, 0.4) is 0 Å². The molecule has 5 heteroatoms. The molecule has 0 saturated carbocycles. The van der Waals surface area contributed by atoms with E-state index in [1.807, 2.05) is 30.3 Å². The molecule has 3 rings (SSSR count). The maximum absolute atomic E-state index is 12.4. The van der Waals surface area contributed by atoms with Crippen LogP contribution >= 0.6 is 15.9 Å². The van der Waals surface area contributed by atoms with Gasteiger partial charge in [-0.25, -0.2) is 0 Å². The summed E-state index contributed by atoms with van der Waals surface area (Å²) >= 11 is 3.45. The molecule has 0 saturated heterocycles. The number of aromatic hydroxyl groups is 1. The van der Waals surface area contributed by atoms with E-state index in [1.165, 1.54) is 6.07 Å². The molecule has 1 aromatic heterocycles. The highest BCUT2D eigenvalue weighted by Crippen LogP contribution is 2.23. The van der Waals surface area contributed by atoms with Gasteiger partial charge in [-0.05, 0) is 43.3 Å². The number of hydrogen-bond acceptors (Lipinski definition) is 3. The number of amides is 1. The normalized spacial score (nSPS) is 10.4. The lowest BCUT2D eigenvalue weighted by molar-refractivity contribution is 0.102. The number of anilines is 1. The minimum atomic E-state index is -0.258. The molecular formula is C19H15BrN2O2. The van der Waals surface area contributed by atoms with Crippen LogP contribution in [0.1, 0.15) is 16.1 Å². The summed E-state index contributed by atoms with van der Waals surface area (Å²) in [4.78, 5) is 16.9. The van der Waals surface area contributed by atoms with Crippen molar-refractivity contribution in [1.82, 2.24) is 4.98 Å². The lowest BCUT2D eigenvalue weighted by atomic mass is 10.1. The number of benzene rings is 2. The van der Waals surface area contributed by atoms with Gasteiger partial charge in [0.1, 0.15) is 5.75 Å². The Labute approximate surface area is 148 Å². The molecule has 2 N–H and O–H groups in total. The highest BCUT2D eigenvalue weighted by atomic mass is 79.9. The van der Waals surface area contributed by atoms with E-state index in [1.54, 1.807) is 31.2 Å². The molecule has 2 aromatic carbocycles. The van der Waals surface area contributed by atoms with Gasteiger partial charge in [-0.3, -0.25) is 9.78 Å². The van der Waals surface area contributed by atoms with Crippen molar-refractivity contribution >= 4 is 27.5 Å². The first-order chi connectivity index (χ1) is 11.5. The van der Waals surface area contributed by atoms with Gasteiger partial charge in [-0.2, -0.15) is 0 Å². The second-order valence-electron chi connectivity index (χ2n) is 5.34. The van der Waals surface area contributed by atoms with E-state index in [0.717, 1.165) is 15.7 Å². The molecule has 1 amide bonds. The molecule has 0 spiro atoms. The Balaban J connectivity index is 1.85. The first kappa shape index (κ1) is 16.2. The maximum atomic E-state index is 12.4. The molecular weight excluding hydrogens is 368 g/mol. The molecule has 0 atom stereocenters. The van der Waals surface area contributed by atoms with Crippen LogP contribution in [0.5, 0.6) is 5.75 Å². The van der Waals surface area contributed by atoms with Crippen LogP contribution in [0.25, 0.3) is 11.3 Å². The Kier molecular flexibility index (Phi) is 4.62. The molecule has 0 aliphatic rings. The van der Waals surface area contributed by atoms with Crippen molar-refractivity contribution in [2.24, 2.45) is 0 Å². The van der Waals surface area contributed by atoms with Gasteiger partial charge in [0.15, 0.2) is 0 Å². The average Bonchev–Trinajstić information content (AvgIpc) is 2.54. The number of phenolic OH excluding ortho intramolecular Hbond substituents is 1.